The summed E-state index contributed by atoms with van der Waals surface area (Å²) >= 11 is 0. The maximum absolute atomic E-state index is 13.5. The van der Waals surface area contributed by atoms with E-state index in [1.165, 1.54) is 128 Å². The number of allylic oxidation sites excluding steroid dienone is 11. The molecule has 79 heavy (non-hydrogen) atoms. The highest BCUT2D eigenvalue weighted by molar-refractivity contribution is 5.80. The van der Waals surface area contributed by atoms with E-state index in [9.17, 15) is 35.1 Å². The molecule has 8 unspecified atom stereocenters. The molecule has 0 aromatic heterocycles. The van der Waals surface area contributed by atoms with Gasteiger partial charge in [0, 0.05) is 6.42 Å². The molecule has 8 atom stereocenters. The van der Waals surface area contributed by atoms with E-state index in [1.807, 2.05) is 6.08 Å². The highest BCUT2D eigenvalue weighted by Crippen LogP contribution is 2.26. The zero-order chi connectivity index (χ0) is 57.5. The lowest BCUT2D eigenvalue weighted by molar-refractivity contribution is -0.305. The van der Waals surface area contributed by atoms with Gasteiger partial charge in [-0.05, 0) is 96.3 Å². The first-order valence-electron chi connectivity index (χ1n) is 32.7. The molecule has 6 N–H and O–H groups in total. The molecular weight excluding hydrogens is 991 g/mol. The van der Waals surface area contributed by atoms with Crippen molar-refractivity contribution in [2.75, 3.05) is 13.2 Å². The average Bonchev–Trinajstić information content (AvgIpc) is 3.49. The number of hydrogen-bond donors (Lipinski definition) is 6. The number of nitrogens with one attached hydrogen (secondary N) is 1. The molecule has 0 saturated carbocycles. The Morgan fingerprint density at radius 2 is 0.873 bits per heavy atom. The van der Waals surface area contributed by atoms with Crippen molar-refractivity contribution in [3.05, 3.63) is 72.9 Å². The summed E-state index contributed by atoms with van der Waals surface area (Å²) in [5, 5.41) is 57.1. The second-order valence-corrected chi connectivity index (χ2v) is 22.5. The fourth-order valence-electron chi connectivity index (χ4n) is 9.86. The molecule has 0 bridgehead atoms. The van der Waals surface area contributed by atoms with Crippen molar-refractivity contribution in [3.63, 3.8) is 0 Å². The highest BCUT2D eigenvalue weighted by Gasteiger charge is 2.47. The van der Waals surface area contributed by atoms with Crippen molar-refractivity contribution >= 4 is 11.9 Å². The smallest absolute Gasteiger partial charge is 0.306 e. The van der Waals surface area contributed by atoms with Crippen LogP contribution in [0.3, 0.4) is 0 Å². The summed E-state index contributed by atoms with van der Waals surface area (Å²) in [7, 11) is 0. The van der Waals surface area contributed by atoms with Crippen LogP contribution in [0.25, 0.3) is 0 Å². The zero-order valence-corrected chi connectivity index (χ0v) is 50.7. The van der Waals surface area contributed by atoms with Crippen molar-refractivity contribution in [2.45, 2.75) is 333 Å². The number of aliphatic hydroxyl groups is 5. The normalized spacial score (nSPS) is 19.3. The number of rotatable bonds is 55. The average molecular weight is 1110 g/mol. The minimum Gasteiger partial charge on any atom is -0.454 e. The van der Waals surface area contributed by atoms with Crippen molar-refractivity contribution in [3.8, 4) is 0 Å². The number of carbonyl (C=O) groups excluding carboxylic acids is 2. The monoisotopic (exact) mass is 1110 g/mol. The van der Waals surface area contributed by atoms with Gasteiger partial charge in [-0.1, -0.05) is 254 Å². The number of aliphatic hydroxyl groups excluding tert-OH is 5. The summed E-state index contributed by atoms with van der Waals surface area (Å²) in [4.78, 5) is 26.6. The summed E-state index contributed by atoms with van der Waals surface area (Å²) in [5.74, 6) is -1.21. The Hall–Kier alpha value is -2.90. The molecule has 1 aliphatic heterocycles. The van der Waals surface area contributed by atoms with E-state index in [-0.39, 0.29) is 19.4 Å². The molecule has 458 valence electrons. The first kappa shape index (κ1) is 74.1. The first-order chi connectivity index (χ1) is 38.7. The number of unbranched alkanes of at least 4 members (excludes halogenated alkanes) is 31. The lowest BCUT2D eigenvalue weighted by Gasteiger charge is -2.41. The molecule has 0 aromatic rings. The van der Waals surface area contributed by atoms with Crippen molar-refractivity contribution in [1.29, 1.82) is 0 Å². The van der Waals surface area contributed by atoms with E-state index in [2.05, 4.69) is 86.8 Å². The van der Waals surface area contributed by atoms with E-state index in [1.54, 1.807) is 6.08 Å². The number of ether oxygens (including phenoxy) is 3. The summed E-state index contributed by atoms with van der Waals surface area (Å²) in [6.45, 7) is 5.75. The number of amides is 1. The maximum Gasteiger partial charge on any atom is 0.306 e. The van der Waals surface area contributed by atoms with Gasteiger partial charge in [0.1, 0.15) is 24.4 Å². The van der Waals surface area contributed by atoms with E-state index in [4.69, 9.17) is 14.2 Å². The SMILES string of the molecule is CCCCC/C=C\C/C=C\C/C=C\C/C=C\CCCCCCCCC(O)C(=O)NC(COC1OC(CO)C(O)C(O)C1OC(=O)CCCCCCCCC/C=C\CCCCCC)C(O)/C=C/CCCCCCCCCCCCC. The lowest BCUT2D eigenvalue weighted by Crippen LogP contribution is -2.61. The van der Waals surface area contributed by atoms with Gasteiger partial charge in [-0.15, -0.1) is 0 Å². The van der Waals surface area contributed by atoms with Crippen LogP contribution in [-0.2, 0) is 23.8 Å². The molecular formula is C68H121NO10. The Balaban J connectivity index is 2.67. The Labute approximate surface area is 483 Å². The van der Waals surface area contributed by atoms with Gasteiger partial charge in [0.15, 0.2) is 12.4 Å². The molecule has 1 amide bonds. The number of hydrogen-bond acceptors (Lipinski definition) is 10. The fraction of sp³-hybridized carbons (Fsp3) is 0.794. The third kappa shape index (κ3) is 43.5. The van der Waals surface area contributed by atoms with Crippen LogP contribution in [0.5, 0.6) is 0 Å². The van der Waals surface area contributed by atoms with Gasteiger partial charge in [-0.25, -0.2) is 0 Å². The third-order valence-corrected chi connectivity index (χ3v) is 15.1. The standard InChI is InChI=1S/C68H121NO10/c1-4-7-10-13-16-19-22-25-27-28-29-30-31-32-33-35-37-40-43-46-49-52-55-61(72)67(76)69-59(60(71)54-51-48-45-42-39-36-24-21-18-15-12-9-6-3)58-77-68-66(65(75)64(74)62(57-70)78-68)79-63(73)56-53-50-47-44-41-38-34-26-23-20-17-14-11-8-5-2/h16,19-20,23,25,27,29-30,32-33,51,54,59-62,64-66,68,70-72,74-75H,4-15,17-18,21-22,24,26,28,31,34-50,52-53,55-58H2,1-3H3,(H,69,76)/b19-16-,23-20-,27-25-,30-29-,33-32-,54-51+. The summed E-state index contributed by atoms with van der Waals surface area (Å²) in [6, 6.07) is -1.03. The minimum absolute atomic E-state index is 0.116. The van der Waals surface area contributed by atoms with Crippen LogP contribution in [0.2, 0.25) is 0 Å². The van der Waals surface area contributed by atoms with Gasteiger partial charge >= 0.3 is 5.97 Å². The largest absolute Gasteiger partial charge is 0.454 e. The second-order valence-electron chi connectivity index (χ2n) is 22.5. The molecule has 0 spiro atoms. The minimum atomic E-state index is -1.62. The molecule has 1 saturated heterocycles. The van der Waals surface area contributed by atoms with Crippen LogP contribution >= 0.6 is 0 Å². The van der Waals surface area contributed by atoms with Crippen molar-refractivity contribution in [2.24, 2.45) is 0 Å². The van der Waals surface area contributed by atoms with E-state index in [0.717, 1.165) is 109 Å². The zero-order valence-electron chi connectivity index (χ0n) is 50.7. The first-order valence-corrected chi connectivity index (χ1v) is 32.7. The Morgan fingerprint density at radius 1 is 0.494 bits per heavy atom. The van der Waals surface area contributed by atoms with Crippen molar-refractivity contribution in [1.82, 2.24) is 5.32 Å². The van der Waals surface area contributed by atoms with Gasteiger partial charge in [-0.2, -0.15) is 0 Å². The van der Waals surface area contributed by atoms with E-state index in [0.29, 0.717) is 12.8 Å². The maximum atomic E-state index is 13.5. The molecule has 0 radical (unpaired) electrons. The third-order valence-electron chi connectivity index (χ3n) is 15.1. The van der Waals surface area contributed by atoms with Crippen LogP contribution in [0.4, 0.5) is 0 Å². The van der Waals surface area contributed by atoms with Crippen LogP contribution in [0.15, 0.2) is 72.9 Å². The Bertz CT molecular complexity index is 1560. The van der Waals surface area contributed by atoms with Gasteiger partial charge in [-0.3, -0.25) is 9.59 Å². The fourth-order valence-corrected chi connectivity index (χ4v) is 9.86. The van der Waals surface area contributed by atoms with Gasteiger partial charge < -0.3 is 45.1 Å². The van der Waals surface area contributed by atoms with Crippen LogP contribution in [0, 0.1) is 0 Å². The topological polar surface area (TPSA) is 175 Å². The van der Waals surface area contributed by atoms with Gasteiger partial charge in [0.05, 0.1) is 25.4 Å². The van der Waals surface area contributed by atoms with E-state index < -0.39 is 67.4 Å². The Morgan fingerprint density at radius 3 is 1.35 bits per heavy atom. The second kappa shape index (κ2) is 55.6. The molecule has 1 heterocycles. The van der Waals surface area contributed by atoms with E-state index >= 15 is 0 Å². The van der Waals surface area contributed by atoms with Crippen molar-refractivity contribution < 1.29 is 49.3 Å². The van der Waals surface area contributed by atoms with Crippen LogP contribution in [-0.4, -0.2) is 99.6 Å². The molecule has 0 aromatic carbocycles. The summed E-state index contributed by atoms with van der Waals surface area (Å²) in [5.41, 5.74) is 0. The predicted molar refractivity (Wildman–Crippen MR) is 329 cm³/mol. The quantitative estimate of drug-likeness (QED) is 0.0195. The molecule has 1 rings (SSSR count). The van der Waals surface area contributed by atoms with Crippen LogP contribution < -0.4 is 5.32 Å². The van der Waals surface area contributed by atoms with Gasteiger partial charge in [0.2, 0.25) is 5.91 Å². The molecule has 0 aliphatic carbocycles. The molecule has 11 heteroatoms. The lowest BCUT2D eigenvalue weighted by atomic mass is 9.99. The molecule has 11 nitrogen and oxygen atoms in total. The summed E-state index contributed by atoms with van der Waals surface area (Å²) in [6.07, 6.45) is 60.7. The predicted octanol–water partition coefficient (Wildman–Crippen LogP) is 16.0. The summed E-state index contributed by atoms with van der Waals surface area (Å²) < 4.78 is 17.6. The van der Waals surface area contributed by atoms with Crippen LogP contribution in [0.1, 0.15) is 284 Å². The number of esters is 1. The Kier molecular flexibility index (Phi) is 52.2. The number of carbonyl (C=O) groups is 2. The highest BCUT2D eigenvalue weighted by atomic mass is 16.7. The molecule has 1 fully saturated rings. The molecule has 1 aliphatic rings. The van der Waals surface area contributed by atoms with Gasteiger partial charge in [0.25, 0.3) is 0 Å².